The molecule has 4 aromatic heterocycles. The largest absolute Gasteiger partial charge is 0.309 e. The van der Waals surface area contributed by atoms with E-state index in [2.05, 4.69) is 208 Å². The molecule has 0 fully saturated rings. The number of rotatable bonds is 6. The molecule has 0 atom stereocenters. The molecular formula is C56H36N6. The lowest BCUT2D eigenvalue weighted by molar-refractivity contribution is 0.891. The summed E-state index contributed by atoms with van der Waals surface area (Å²) < 4.78 is 9.35. The van der Waals surface area contributed by atoms with Crippen LogP contribution >= 0.6 is 0 Å². The number of fused-ring (bicyclic) bond motifs is 10. The Kier molecular flexibility index (Phi) is 7.50. The van der Waals surface area contributed by atoms with Gasteiger partial charge in [0.25, 0.3) is 0 Å². The Morgan fingerprint density at radius 3 is 1.53 bits per heavy atom. The molecule has 0 saturated carbocycles. The van der Waals surface area contributed by atoms with E-state index in [9.17, 15) is 0 Å². The van der Waals surface area contributed by atoms with Gasteiger partial charge in [0.05, 0.1) is 50.2 Å². The Morgan fingerprint density at radius 2 is 0.839 bits per heavy atom. The summed E-state index contributed by atoms with van der Waals surface area (Å²) in [5, 5.41) is 12.4. The van der Waals surface area contributed by atoms with E-state index in [0.717, 1.165) is 67.2 Å². The van der Waals surface area contributed by atoms with Gasteiger partial charge in [-0.15, -0.1) is 5.10 Å². The molecule has 6 nitrogen and oxygen atoms in total. The van der Waals surface area contributed by atoms with Crippen LogP contribution in [-0.2, 0) is 0 Å². The molecule has 0 aliphatic heterocycles. The highest BCUT2D eigenvalue weighted by molar-refractivity contribution is 6.26. The molecule has 13 rings (SSSR count). The average Bonchev–Trinajstić information content (AvgIpc) is 4.11. The quantitative estimate of drug-likeness (QED) is 0.168. The molecule has 0 N–H and O–H groups in total. The first kappa shape index (κ1) is 34.4. The molecular weight excluding hydrogens is 757 g/mol. The molecule has 0 saturated heterocycles. The minimum absolute atomic E-state index is 0.675. The van der Waals surface area contributed by atoms with Gasteiger partial charge in [-0.05, 0) is 66.7 Å². The van der Waals surface area contributed by atoms with Crippen molar-refractivity contribution in [1.82, 2.24) is 28.5 Å². The summed E-state index contributed by atoms with van der Waals surface area (Å²) in [7, 11) is 0. The first-order valence-electron chi connectivity index (χ1n) is 21.0. The van der Waals surface area contributed by atoms with Crippen LogP contribution in [0, 0.1) is 0 Å². The van der Waals surface area contributed by atoms with Crippen LogP contribution in [0.2, 0.25) is 0 Å². The maximum absolute atomic E-state index is 5.35. The maximum atomic E-state index is 5.35. The summed E-state index contributed by atoms with van der Waals surface area (Å²) in [6, 6.07) is 77.8. The van der Waals surface area contributed by atoms with Crippen molar-refractivity contribution in [2.75, 3.05) is 0 Å². The SMILES string of the molecule is c1ccc(-c2nc(-c3cccc4c5ccccc5n(-c5ccccc5-n5c6ccccc6c6c5ccc5c7ccccc7n(-c7ccccc7)c56)c34)n(-c3ccccc3)n2)cc1. The highest BCUT2D eigenvalue weighted by atomic mass is 15.4. The van der Waals surface area contributed by atoms with E-state index >= 15 is 0 Å². The van der Waals surface area contributed by atoms with Crippen LogP contribution < -0.4 is 0 Å². The molecule has 290 valence electrons. The standard InChI is InChI=1S/C56H36N6/c1-4-19-37(20-5-1)55-57-56(62(58-55)39-23-8-3-9-24-39)45-29-18-28-42-40-25-11-14-31-47(40)61(53(42)45)50-34-17-16-33-49(50)60-48-32-15-12-27-44(48)52-51(60)36-35-43-41-26-10-13-30-46(41)59(54(43)52)38-21-6-2-7-22-38/h1-36H. The molecule has 0 spiro atoms. The zero-order chi connectivity index (χ0) is 40.7. The predicted octanol–water partition coefficient (Wildman–Crippen LogP) is 13.9. The molecule has 9 aromatic carbocycles. The summed E-state index contributed by atoms with van der Waals surface area (Å²) >= 11 is 0. The van der Waals surface area contributed by atoms with Gasteiger partial charge in [0.2, 0.25) is 0 Å². The molecule has 0 radical (unpaired) electrons. The number of hydrogen-bond donors (Lipinski definition) is 0. The Bertz CT molecular complexity index is 3850. The van der Waals surface area contributed by atoms with E-state index in [4.69, 9.17) is 10.1 Å². The molecule has 13 aromatic rings. The minimum Gasteiger partial charge on any atom is -0.309 e. The maximum Gasteiger partial charge on any atom is 0.182 e. The molecule has 6 heteroatoms. The van der Waals surface area contributed by atoms with Crippen molar-refractivity contribution >= 4 is 65.4 Å². The van der Waals surface area contributed by atoms with Gasteiger partial charge in [-0.2, -0.15) is 0 Å². The van der Waals surface area contributed by atoms with E-state index in [0.29, 0.717) is 5.82 Å². The first-order valence-corrected chi connectivity index (χ1v) is 21.0. The second-order valence-corrected chi connectivity index (χ2v) is 15.8. The summed E-state index contributed by atoms with van der Waals surface area (Å²) in [5.74, 6) is 1.45. The summed E-state index contributed by atoms with van der Waals surface area (Å²) in [4.78, 5) is 5.35. The summed E-state index contributed by atoms with van der Waals surface area (Å²) in [5.41, 5.74) is 13.0. The van der Waals surface area contributed by atoms with Crippen molar-refractivity contribution in [1.29, 1.82) is 0 Å². The smallest absolute Gasteiger partial charge is 0.182 e. The fourth-order valence-corrected chi connectivity index (χ4v) is 9.85. The fraction of sp³-hybridized carbons (Fsp3) is 0. The van der Waals surface area contributed by atoms with Gasteiger partial charge in [-0.25, -0.2) is 9.67 Å². The Labute approximate surface area is 356 Å². The van der Waals surface area contributed by atoms with E-state index < -0.39 is 0 Å². The van der Waals surface area contributed by atoms with Crippen LogP contribution in [0.3, 0.4) is 0 Å². The third-order valence-electron chi connectivity index (χ3n) is 12.4. The second kappa shape index (κ2) is 13.5. The molecule has 4 heterocycles. The van der Waals surface area contributed by atoms with Crippen LogP contribution in [0.25, 0.3) is 111 Å². The fourth-order valence-electron chi connectivity index (χ4n) is 9.85. The number of hydrogen-bond acceptors (Lipinski definition) is 2. The van der Waals surface area contributed by atoms with Gasteiger partial charge in [0, 0.05) is 49.1 Å². The van der Waals surface area contributed by atoms with E-state index in [1.165, 1.54) is 38.0 Å². The van der Waals surface area contributed by atoms with E-state index in [1.54, 1.807) is 0 Å². The third kappa shape index (κ3) is 4.98. The Balaban J connectivity index is 1.14. The zero-order valence-corrected chi connectivity index (χ0v) is 33.5. The lowest BCUT2D eigenvalue weighted by Crippen LogP contribution is -2.05. The van der Waals surface area contributed by atoms with Gasteiger partial charge in [0.1, 0.15) is 0 Å². The summed E-state index contributed by atoms with van der Waals surface area (Å²) in [6.45, 7) is 0. The predicted molar refractivity (Wildman–Crippen MR) is 255 cm³/mol. The first-order chi connectivity index (χ1) is 30.8. The van der Waals surface area contributed by atoms with E-state index in [1.807, 2.05) is 28.9 Å². The van der Waals surface area contributed by atoms with Crippen molar-refractivity contribution in [3.05, 3.63) is 218 Å². The lowest BCUT2D eigenvalue weighted by atomic mass is 10.1. The number of nitrogens with zero attached hydrogens (tertiary/aromatic N) is 6. The van der Waals surface area contributed by atoms with Crippen molar-refractivity contribution < 1.29 is 0 Å². The monoisotopic (exact) mass is 792 g/mol. The number of benzene rings is 9. The molecule has 0 bridgehead atoms. The van der Waals surface area contributed by atoms with Crippen LogP contribution in [0.15, 0.2) is 218 Å². The van der Waals surface area contributed by atoms with Crippen molar-refractivity contribution in [3.8, 4) is 45.5 Å². The molecule has 0 aliphatic rings. The van der Waals surface area contributed by atoms with Gasteiger partial charge >= 0.3 is 0 Å². The van der Waals surface area contributed by atoms with Gasteiger partial charge in [0.15, 0.2) is 11.6 Å². The highest BCUT2D eigenvalue weighted by Gasteiger charge is 2.25. The van der Waals surface area contributed by atoms with Crippen LogP contribution in [0.1, 0.15) is 0 Å². The van der Waals surface area contributed by atoms with Crippen molar-refractivity contribution in [3.63, 3.8) is 0 Å². The van der Waals surface area contributed by atoms with Crippen LogP contribution in [0.5, 0.6) is 0 Å². The molecule has 62 heavy (non-hydrogen) atoms. The van der Waals surface area contributed by atoms with Crippen molar-refractivity contribution in [2.24, 2.45) is 0 Å². The highest BCUT2D eigenvalue weighted by Crippen LogP contribution is 2.44. The average molecular weight is 793 g/mol. The lowest BCUT2D eigenvalue weighted by Gasteiger charge is -2.18. The second-order valence-electron chi connectivity index (χ2n) is 15.8. The number of para-hydroxylation sites is 8. The van der Waals surface area contributed by atoms with E-state index in [-0.39, 0.29) is 0 Å². The number of aromatic nitrogens is 6. The normalized spacial score (nSPS) is 11.9. The Morgan fingerprint density at radius 1 is 0.323 bits per heavy atom. The zero-order valence-electron chi connectivity index (χ0n) is 33.5. The topological polar surface area (TPSA) is 45.5 Å². The molecule has 0 amide bonds. The Hall–Kier alpha value is -8.48. The van der Waals surface area contributed by atoms with Gasteiger partial charge in [-0.1, -0.05) is 152 Å². The van der Waals surface area contributed by atoms with Gasteiger partial charge in [-0.3, -0.25) is 0 Å². The minimum atomic E-state index is 0.675. The third-order valence-corrected chi connectivity index (χ3v) is 12.4. The van der Waals surface area contributed by atoms with Crippen molar-refractivity contribution in [2.45, 2.75) is 0 Å². The molecule has 0 aliphatic carbocycles. The van der Waals surface area contributed by atoms with Gasteiger partial charge < -0.3 is 13.7 Å². The van der Waals surface area contributed by atoms with Crippen LogP contribution in [0.4, 0.5) is 0 Å². The molecule has 0 unspecified atom stereocenters. The summed E-state index contributed by atoms with van der Waals surface area (Å²) in [6.07, 6.45) is 0. The van der Waals surface area contributed by atoms with Crippen LogP contribution in [-0.4, -0.2) is 28.5 Å².